The summed E-state index contributed by atoms with van der Waals surface area (Å²) >= 11 is 9.24. The second-order valence-electron chi connectivity index (χ2n) is 6.62. The van der Waals surface area contributed by atoms with Gasteiger partial charge in [-0.3, -0.25) is 9.89 Å². The average molecular weight is 443 g/mol. The Morgan fingerprint density at radius 1 is 1.24 bits per heavy atom. The lowest BCUT2D eigenvalue weighted by Crippen LogP contribution is -2.08. The summed E-state index contributed by atoms with van der Waals surface area (Å²) in [6.07, 6.45) is 0. The first-order chi connectivity index (χ1) is 14.0. The van der Waals surface area contributed by atoms with Crippen LogP contribution >= 0.6 is 34.7 Å². The summed E-state index contributed by atoms with van der Waals surface area (Å²) in [5.74, 6) is 1.09. The van der Waals surface area contributed by atoms with Gasteiger partial charge in [0.15, 0.2) is 11.6 Å². The number of nitrogens with zero attached hydrogens (tertiary/aromatic N) is 3. The van der Waals surface area contributed by atoms with Crippen molar-refractivity contribution in [2.45, 2.75) is 25.5 Å². The van der Waals surface area contributed by atoms with Crippen LogP contribution < -0.4 is 0 Å². The minimum atomic E-state index is 0.0657. The summed E-state index contributed by atoms with van der Waals surface area (Å²) in [6.45, 7) is 4.63. The van der Waals surface area contributed by atoms with E-state index in [0.717, 1.165) is 38.2 Å². The predicted molar refractivity (Wildman–Crippen MR) is 119 cm³/mol. The Bertz CT molecular complexity index is 1150. The predicted octanol–water partition coefficient (Wildman–Crippen LogP) is 5.63. The highest BCUT2D eigenvalue weighted by Gasteiger charge is 2.18. The number of halogens is 1. The Morgan fingerprint density at radius 3 is 2.83 bits per heavy atom. The molecule has 0 saturated carbocycles. The van der Waals surface area contributed by atoms with E-state index >= 15 is 0 Å². The quantitative estimate of drug-likeness (QED) is 0.297. The fourth-order valence-corrected chi connectivity index (χ4v) is 4.71. The third-order valence-corrected chi connectivity index (χ3v) is 6.80. The van der Waals surface area contributed by atoms with Gasteiger partial charge < -0.3 is 4.57 Å². The maximum Gasteiger partial charge on any atom is 0.209 e. The molecule has 0 aliphatic heterocycles. The van der Waals surface area contributed by atoms with E-state index in [4.69, 9.17) is 11.6 Å². The molecule has 4 aromatic rings. The molecule has 0 spiro atoms. The molecule has 0 aliphatic carbocycles. The first kappa shape index (κ1) is 19.9. The standard InChI is InChI=1S/C21H19ClN4OS2/c1-13-10-16(14(2)26(13)11-15-6-3-4-7-17(15)22)18(27)12-29-21-23-20(24-25-21)19-8-5-9-28-19/h3-10H,11-12H2,1-2H3,(H,23,24,25). The van der Waals surface area contributed by atoms with Crippen LogP contribution in [0.2, 0.25) is 5.02 Å². The number of carbonyl (C=O) groups is 1. The van der Waals surface area contributed by atoms with Crippen molar-refractivity contribution < 1.29 is 4.79 Å². The van der Waals surface area contributed by atoms with Crippen LogP contribution in [-0.4, -0.2) is 31.3 Å². The van der Waals surface area contributed by atoms with E-state index in [1.165, 1.54) is 11.8 Å². The second kappa shape index (κ2) is 8.57. The second-order valence-corrected chi connectivity index (χ2v) is 8.92. The normalized spacial score (nSPS) is 11.1. The highest BCUT2D eigenvalue weighted by Crippen LogP contribution is 2.25. The van der Waals surface area contributed by atoms with Gasteiger partial charge in [-0.25, -0.2) is 4.98 Å². The largest absolute Gasteiger partial charge is 0.344 e. The van der Waals surface area contributed by atoms with Gasteiger partial charge in [-0.15, -0.1) is 16.4 Å². The van der Waals surface area contributed by atoms with E-state index in [0.29, 0.717) is 11.7 Å². The van der Waals surface area contributed by atoms with Crippen LogP contribution in [0.4, 0.5) is 0 Å². The number of hydrogen-bond donors (Lipinski definition) is 1. The van der Waals surface area contributed by atoms with Crippen LogP contribution in [0.5, 0.6) is 0 Å². The molecule has 0 fully saturated rings. The van der Waals surface area contributed by atoms with E-state index in [2.05, 4.69) is 19.7 Å². The molecule has 0 atom stereocenters. The summed E-state index contributed by atoms with van der Waals surface area (Å²) in [5, 5.41) is 10.4. The molecule has 3 aromatic heterocycles. The van der Waals surface area contributed by atoms with Gasteiger partial charge in [0, 0.05) is 28.5 Å². The molecule has 148 valence electrons. The van der Waals surface area contributed by atoms with Crippen molar-refractivity contribution in [2.24, 2.45) is 0 Å². The lowest BCUT2D eigenvalue weighted by atomic mass is 10.2. The molecule has 29 heavy (non-hydrogen) atoms. The fourth-order valence-electron chi connectivity index (χ4n) is 3.17. The number of Topliss-reactive ketones (excluding diaryl/α,β-unsaturated/α-hetero) is 1. The Labute approximate surface area is 182 Å². The molecule has 8 heteroatoms. The van der Waals surface area contributed by atoms with Gasteiger partial charge in [-0.1, -0.05) is 47.6 Å². The number of hydrogen-bond acceptors (Lipinski definition) is 5. The van der Waals surface area contributed by atoms with Gasteiger partial charge in [-0.2, -0.15) is 0 Å². The maximum absolute atomic E-state index is 12.8. The monoisotopic (exact) mass is 442 g/mol. The van der Waals surface area contributed by atoms with Crippen LogP contribution in [0, 0.1) is 13.8 Å². The van der Waals surface area contributed by atoms with Crippen molar-refractivity contribution >= 4 is 40.5 Å². The number of thiophene rings is 1. The number of carbonyl (C=O) groups excluding carboxylic acids is 1. The summed E-state index contributed by atoms with van der Waals surface area (Å²) < 4.78 is 2.13. The van der Waals surface area contributed by atoms with Crippen molar-refractivity contribution in [1.82, 2.24) is 19.7 Å². The minimum absolute atomic E-state index is 0.0657. The number of aryl methyl sites for hydroxylation is 1. The number of aromatic amines is 1. The molecule has 5 nitrogen and oxygen atoms in total. The smallest absolute Gasteiger partial charge is 0.209 e. The van der Waals surface area contributed by atoms with E-state index in [-0.39, 0.29) is 11.5 Å². The molecule has 0 bridgehead atoms. The first-order valence-electron chi connectivity index (χ1n) is 9.05. The highest BCUT2D eigenvalue weighted by atomic mass is 35.5. The fraction of sp³-hybridized carbons (Fsp3) is 0.190. The zero-order chi connectivity index (χ0) is 20.4. The van der Waals surface area contributed by atoms with Crippen molar-refractivity contribution in [2.75, 3.05) is 5.75 Å². The third-order valence-electron chi connectivity index (χ3n) is 4.71. The number of rotatable bonds is 7. The number of aromatic nitrogens is 4. The van der Waals surface area contributed by atoms with Gasteiger partial charge in [0.2, 0.25) is 5.16 Å². The lowest BCUT2D eigenvalue weighted by molar-refractivity contribution is 0.102. The molecular weight excluding hydrogens is 424 g/mol. The Balaban J connectivity index is 1.46. The van der Waals surface area contributed by atoms with E-state index in [1.54, 1.807) is 11.3 Å². The van der Waals surface area contributed by atoms with Crippen molar-refractivity contribution in [3.05, 3.63) is 75.4 Å². The molecule has 0 saturated heterocycles. The van der Waals surface area contributed by atoms with Gasteiger partial charge in [0.25, 0.3) is 0 Å². The van der Waals surface area contributed by atoms with Gasteiger partial charge >= 0.3 is 0 Å². The van der Waals surface area contributed by atoms with Crippen LogP contribution in [0.3, 0.4) is 0 Å². The molecule has 3 heterocycles. The molecule has 1 aromatic carbocycles. The summed E-state index contributed by atoms with van der Waals surface area (Å²) in [6, 6.07) is 13.7. The molecular formula is C21H19ClN4OS2. The Morgan fingerprint density at radius 2 is 2.07 bits per heavy atom. The Hall–Kier alpha value is -2.35. The highest BCUT2D eigenvalue weighted by molar-refractivity contribution is 7.99. The van der Waals surface area contributed by atoms with Crippen LogP contribution in [0.1, 0.15) is 27.3 Å². The van der Waals surface area contributed by atoms with E-state index < -0.39 is 0 Å². The average Bonchev–Trinajstić information content (AvgIpc) is 3.44. The molecule has 0 radical (unpaired) electrons. The van der Waals surface area contributed by atoms with Crippen molar-refractivity contribution in [1.29, 1.82) is 0 Å². The topological polar surface area (TPSA) is 63.6 Å². The van der Waals surface area contributed by atoms with Gasteiger partial charge in [0.05, 0.1) is 10.6 Å². The summed E-state index contributed by atoms with van der Waals surface area (Å²) in [5.41, 5.74) is 3.75. The van der Waals surface area contributed by atoms with Gasteiger partial charge in [0.1, 0.15) is 0 Å². The van der Waals surface area contributed by atoms with E-state index in [9.17, 15) is 4.79 Å². The van der Waals surface area contributed by atoms with Crippen LogP contribution in [0.15, 0.2) is 53.0 Å². The summed E-state index contributed by atoms with van der Waals surface area (Å²) in [7, 11) is 0. The van der Waals surface area contributed by atoms with Gasteiger partial charge in [-0.05, 0) is 43.0 Å². The number of benzene rings is 1. The maximum atomic E-state index is 12.8. The molecule has 0 aliphatic rings. The van der Waals surface area contributed by atoms with E-state index in [1.807, 2.05) is 61.7 Å². The number of thioether (sulfide) groups is 1. The molecule has 4 rings (SSSR count). The number of H-pyrrole nitrogens is 1. The number of nitrogens with one attached hydrogen (secondary N) is 1. The SMILES string of the molecule is Cc1cc(C(=O)CSc2n[nH]c(-c3cccs3)n2)c(C)n1Cc1ccccc1Cl. The third kappa shape index (κ3) is 4.32. The summed E-state index contributed by atoms with van der Waals surface area (Å²) in [4.78, 5) is 18.3. The van der Waals surface area contributed by atoms with Crippen molar-refractivity contribution in [3.8, 4) is 10.7 Å². The minimum Gasteiger partial charge on any atom is -0.344 e. The van der Waals surface area contributed by atoms with Crippen molar-refractivity contribution in [3.63, 3.8) is 0 Å². The molecule has 0 amide bonds. The first-order valence-corrected chi connectivity index (χ1v) is 11.3. The molecule has 0 unspecified atom stereocenters. The lowest BCUT2D eigenvalue weighted by Gasteiger charge is -2.11. The van der Waals surface area contributed by atoms with Crippen LogP contribution in [-0.2, 0) is 6.54 Å². The number of ketones is 1. The molecule has 1 N–H and O–H groups in total. The zero-order valence-electron chi connectivity index (χ0n) is 16.0. The van der Waals surface area contributed by atoms with Crippen LogP contribution in [0.25, 0.3) is 10.7 Å². The zero-order valence-corrected chi connectivity index (χ0v) is 18.4. The Kier molecular flexibility index (Phi) is 5.89.